The topological polar surface area (TPSA) is 59.0 Å². The minimum absolute atomic E-state index is 0.0828. The molecule has 2 saturated heterocycles. The summed E-state index contributed by atoms with van der Waals surface area (Å²) >= 11 is 0. The summed E-state index contributed by atoms with van der Waals surface area (Å²) in [6, 6.07) is 0. The van der Waals surface area contributed by atoms with E-state index in [0.717, 1.165) is 71.1 Å². The number of likely N-dealkylation sites (N-methyl/N-ethyl adjacent to an activating group) is 1. The molecule has 0 bridgehead atoms. The molecule has 24 heavy (non-hydrogen) atoms. The van der Waals surface area contributed by atoms with E-state index < -0.39 is 0 Å². The first kappa shape index (κ1) is 18.1. The van der Waals surface area contributed by atoms with Crippen molar-refractivity contribution < 1.29 is 9.90 Å². The number of piperidine rings is 1. The standard InChI is InChI=1S/C18H34N4O2/c1-20-10-12-22(13-11-20)17(24)4-7-21-8-5-18(15-23,6-9-21)19-14-16-2-3-16/h16,19,23H,2-15H2,1H3. The lowest BCUT2D eigenvalue weighted by molar-refractivity contribution is -0.133. The van der Waals surface area contributed by atoms with E-state index in [1.165, 1.54) is 12.8 Å². The lowest BCUT2D eigenvalue weighted by atomic mass is 9.88. The minimum Gasteiger partial charge on any atom is -0.394 e. The van der Waals surface area contributed by atoms with Crippen molar-refractivity contribution in [2.75, 3.05) is 66.0 Å². The van der Waals surface area contributed by atoms with Gasteiger partial charge in [-0.2, -0.15) is 0 Å². The van der Waals surface area contributed by atoms with Crippen LogP contribution in [0.5, 0.6) is 0 Å². The highest BCUT2D eigenvalue weighted by atomic mass is 16.3. The third-order valence-electron chi connectivity index (χ3n) is 6.08. The van der Waals surface area contributed by atoms with Crippen LogP contribution in [0.1, 0.15) is 32.1 Å². The van der Waals surface area contributed by atoms with Gasteiger partial charge in [0.2, 0.25) is 5.91 Å². The summed E-state index contributed by atoms with van der Waals surface area (Å²) in [6.45, 7) is 7.82. The maximum absolute atomic E-state index is 12.3. The molecule has 138 valence electrons. The van der Waals surface area contributed by atoms with Gasteiger partial charge in [0, 0.05) is 44.7 Å². The highest BCUT2D eigenvalue weighted by Gasteiger charge is 2.35. The van der Waals surface area contributed by atoms with Gasteiger partial charge in [-0.3, -0.25) is 4.79 Å². The van der Waals surface area contributed by atoms with Gasteiger partial charge in [-0.1, -0.05) is 0 Å². The molecule has 2 aliphatic heterocycles. The maximum Gasteiger partial charge on any atom is 0.223 e. The monoisotopic (exact) mass is 338 g/mol. The van der Waals surface area contributed by atoms with Crippen molar-refractivity contribution in [1.29, 1.82) is 0 Å². The predicted molar refractivity (Wildman–Crippen MR) is 94.9 cm³/mol. The van der Waals surface area contributed by atoms with E-state index in [9.17, 15) is 9.90 Å². The molecule has 0 unspecified atom stereocenters. The second-order valence-electron chi connectivity index (χ2n) is 8.04. The Morgan fingerprint density at radius 2 is 1.79 bits per heavy atom. The fourth-order valence-corrected chi connectivity index (χ4v) is 3.75. The first-order chi connectivity index (χ1) is 11.6. The molecule has 3 fully saturated rings. The SMILES string of the molecule is CN1CCN(C(=O)CCN2CCC(CO)(NCC3CC3)CC2)CC1. The summed E-state index contributed by atoms with van der Waals surface area (Å²) in [6.07, 6.45) is 5.28. The van der Waals surface area contributed by atoms with Crippen molar-refractivity contribution in [3.63, 3.8) is 0 Å². The van der Waals surface area contributed by atoms with Gasteiger partial charge in [0.05, 0.1) is 6.61 Å². The highest BCUT2D eigenvalue weighted by Crippen LogP contribution is 2.30. The number of carbonyl (C=O) groups excluding carboxylic acids is 1. The van der Waals surface area contributed by atoms with Crippen LogP contribution in [0.15, 0.2) is 0 Å². The van der Waals surface area contributed by atoms with Gasteiger partial charge >= 0.3 is 0 Å². The van der Waals surface area contributed by atoms with Gasteiger partial charge in [0.1, 0.15) is 0 Å². The molecule has 1 aliphatic carbocycles. The number of carbonyl (C=O) groups is 1. The summed E-state index contributed by atoms with van der Waals surface area (Å²) in [5.41, 5.74) is -0.0828. The second-order valence-corrected chi connectivity index (χ2v) is 8.04. The molecule has 1 saturated carbocycles. The van der Waals surface area contributed by atoms with Crippen LogP contribution in [0.3, 0.4) is 0 Å². The van der Waals surface area contributed by atoms with Crippen molar-refractivity contribution in [2.45, 2.75) is 37.6 Å². The molecule has 1 amide bonds. The zero-order valence-corrected chi connectivity index (χ0v) is 15.2. The van der Waals surface area contributed by atoms with Gasteiger partial charge < -0.3 is 25.1 Å². The number of amides is 1. The number of nitrogens with zero attached hydrogens (tertiary/aromatic N) is 3. The summed E-state index contributed by atoms with van der Waals surface area (Å²) in [4.78, 5) is 19.0. The van der Waals surface area contributed by atoms with E-state index >= 15 is 0 Å². The van der Waals surface area contributed by atoms with E-state index in [1.807, 2.05) is 4.90 Å². The molecule has 3 aliphatic rings. The minimum atomic E-state index is -0.0828. The van der Waals surface area contributed by atoms with Crippen LogP contribution in [0, 0.1) is 5.92 Å². The largest absolute Gasteiger partial charge is 0.394 e. The Bertz CT molecular complexity index is 411. The van der Waals surface area contributed by atoms with Crippen LogP contribution in [0.25, 0.3) is 0 Å². The number of piperazine rings is 1. The molecule has 2 heterocycles. The molecule has 0 radical (unpaired) electrons. The zero-order chi connectivity index (χ0) is 17.0. The van der Waals surface area contributed by atoms with E-state index in [-0.39, 0.29) is 12.1 Å². The lowest BCUT2D eigenvalue weighted by Crippen LogP contribution is -2.56. The fraction of sp³-hybridized carbons (Fsp3) is 0.944. The van der Waals surface area contributed by atoms with Crippen molar-refractivity contribution in [2.24, 2.45) is 5.92 Å². The van der Waals surface area contributed by atoms with Crippen LogP contribution in [0.4, 0.5) is 0 Å². The Labute approximate surface area is 146 Å². The average molecular weight is 338 g/mol. The quantitative estimate of drug-likeness (QED) is 0.683. The number of rotatable bonds is 7. The Morgan fingerprint density at radius 1 is 1.12 bits per heavy atom. The van der Waals surface area contributed by atoms with Gasteiger partial charge in [-0.25, -0.2) is 0 Å². The first-order valence-corrected chi connectivity index (χ1v) is 9.65. The van der Waals surface area contributed by atoms with Crippen LogP contribution in [0.2, 0.25) is 0 Å². The Hall–Kier alpha value is -0.690. The van der Waals surface area contributed by atoms with Crippen LogP contribution >= 0.6 is 0 Å². The Morgan fingerprint density at radius 3 is 2.38 bits per heavy atom. The third-order valence-corrected chi connectivity index (χ3v) is 6.08. The van der Waals surface area contributed by atoms with Crippen LogP contribution in [-0.4, -0.2) is 97.3 Å². The molecule has 0 aromatic heterocycles. The lowest BCUT2D eigenvalue weighted by Gasteiger charge is -2.41. The second kappa shape index (κ2) is 8.13. The average Bonchev–Trinajstić information content (AvgIpc) is 3.44. The molecule has 0 atom stereocenters. The molecule has 0 aromatic rings. The normalized spacial score (nSPS) is 25.8. The van der Waals surface area contributed by atoms with E-state index in [1.54, 1.807) is 0 Å². The van der Waals surface area contributed by atoms with Gasteiger partial charge in [-0.15, -0.1) is 0 Å². The molecule has 3 rings (SSSR count). The van der Waals surface area contributed by atoms with Crippen LogP contribution < -0.4 is 5.32 Å². The number of hydrogen-bond acceptors (Lipinski definition) is 5. The van der Waals surface area contributed by atoms with Crippen molar-refractivity contribution in [1.82, 2.24) is 20.0 Å². The number of nitrogens with one attached hydrogen (secondary N) is 1. The van der Waals surface area contributed by atoms with Crippen LogP contribution in [-0.2, 0) is 4.79 Å². The van der Waals surface area contributed by atoms with Gasteiger partial charge in [-0.05, 0) is 58.3 Å². The van der Waals surface area contributed by atoms with E-state index in [4.69, 9.17) is 0 Å². The number of aliphatic hydroxyl groups is 1. The maximum atomic E-state index is 12.3. The van der Waals surface area contributed by atoms with Gasteiger partial charge in [0.25, 0.3) is 0 Å². The summed E-state index contributed by atoms with van der Waals surface area (Å²) in [7, 11) is 2.11. The number of hydrogen-bond donors (Lipinski definition) is 2. The molecule has 0 aromatic carbocycles. The fourth-order valence-electron chi connectivity index (χ4n) is 3.75. The zero-order valence-electron chi connectivity index (χ0n) is 15.2. The molecule has 6 nitrogen and oxygen atoms in total. The molecular formula is C18H34N4O2. The number of aliphatic hydroxyl groups excluding tert-OH is 1. The van der Waals surface area contributed by atoms with Crippen molar-refractivity contribution in [3.8, 4) is 0 Å². The Kier molecular flexibility index (Phi) is 6.13. The molecule has 0 spiro atoms. The summed E-state index contributed by atoms with van der Waals surface area (Å²) in [5, 5.41) is 13.5. The summed E-state index contributed by atoms with van der Waals surface area (Å²) < 4.78 is 0. The number of likely N-dealkylation sites (tertiary alicyclic amines) is 1. The third kappa shape index (κ3) is 4.91. The smallest absolute Gasteiger partial charge is 0.223 e. The first-order valence-electron chi connectivity index (χ1n) is 9.65. The van der Waals surface area contributed by atoms with E-state index in [2.05, 4.69) is 22.2 Å². The summed E-state index contributed by atoms with van der Waals surface area (Å²) in [5.74, 6) is 1.14. The molecular weight excluding hydrogens is 304 g/mol. The highest BCUT2D eigenvalue weighted by molar-refractivity contribution is 5.76. The molecule has 2 N–H and O–H groups in total. The van der Waals surface area contributed by atoms with Crippen molar-refractivity contribution >= 4 is 5.91 Å². The predicted octanol–water partition coefficient (Wildman–Crippen LogP) is -0.0230. The molecule has 6 heteroatoms. The van der Waals surface area contributed by atoms with E-state index in [0.29, 0.717) is 12.3 Å². The van der Waals surface area contributed by atoms with Crippen molar-refractivity contribution in [3.05, 3.63) is 0 Å². The Balaban J connectivity index is 1.36. The van der Waals surface area contributed by atoms with Gasteiger partial charge in [0.15, 0.2) is 0 Å².